The maximum absolute atomic E-state index is 14.6. The van der Waals surface area contributed by atoms with Crippen LogP contribution in [0.5, 0.6) is 0 Å². The van der Waals surface area contributed by atoms with Crippen molar-refractivity contribution in [3.05, 3.63) is 141 Å². The molecule has 0 N–H and O–H groups in total. The lowest BCUT2D eigenvalue weighted by atomic mass is 9.60. The molecule has 2 atom stereocenters. The fourth-order valence-corrected chi connectivity index (χ4v) is 6.88. The molecule has 2 spiro atoms. The Balaban J connectivity index is 1.59. The zero-order chi connectivity index (χ0) is 27.1. The van der Waals surface area contributed by atoms with Gasteiger partial charge in [-0.2, -0.15) is 0 Å². The molecule has 4 aromatic rings. The van der Waals surface area contributed by atoms with Gasteiger partial charge in [0.15, 0.2) is 11.6 Å². The Morgan fingerprint density at radius 1 is 0.590 bits per heavy atom. The molecule has 0 bridgehead atoms. The number of hydrogen-bond acceptors (Lipinski definition) is 5. The van der Waals surface area contributed by atoms with Crippen LogP contribution in [0.1, 0.15) is 64.6 Å². The molecule has 39 heavy (non-hydrogen) atoms. The smallest absolute Gasteiger partial charge is 0.204 e. The molecule has 3 aliphatic rings. The van der Waals surface area contributed by atoms with E-state index in [1.807, 2.05) is 0 Å². The van der Waals surface area contributed by atoms with Gasteiger partial charge >= 0.3 is 0 Å². The highest BCUT2D eigenvalue weighted by Crippen LogP contribution is 2.67. The minimum absolute atomic E-state index is 0.164. The van der Waals surface area contributed by atoms with Crippen molar-refractivity contribution >= 4 is 39.1 Å². The average Bonchev–Trinajstić information content (AvgIpc) is 3.48. The molecule has 4 aromatic carbocycles. The van der Waals surface area contributed by atoms with Gasteiger partial charge < -0.3 is 4.74 Å². The molecular formula is C32H18BrFO5. The fourth-order valence-electron chi connectivity index (χ4n) is 6.62. The van der Waals surface area contributed by atoms with E-state index < -0.39 is 52.0 Å². The van der Waals surface area contributed by atoms with E-state index >= 15 is 0 Å². The molecule has 0 radical (unpaired) electrons. The second-order valence-electron chi connectivity index (χ2n) is 10.0. The highest BCUT2D eigenvalue weighted by Gasteiger charge is 2.79. The average molecular weight is 581 g/mol. The van der Waals surface area contributed by atoms with Crippen LogP contribution in [0.2, 0.25) is 0 Å². The highest BCUT2D eigenvalue weighted by atomic mass is 79.9. The first-order valence-electron chi connectivity index (χ1n) is 12.4. The maximum Gasteiger partial charge on any atom is 0.204 e. The third kappa shape index (κ3) is 2.92. The number of carbonyl (C=O) groups excluding carboxylic acids is 4. The number of ketones is 4. The minimum atomic E-state index is -2.20. The number of rotatable bonds is 2. The van der Waals surface area contributed by atoms with Crippen molar-refractivity contribution in [2.45, 2.75) is 17.6 Å². The normalized spacial score (nSPS) is 22.1. The summed E-state index contributed by atoms with van der Waals surface area (Å²) in [6, 6.07) is 25.0. The van der Waals surface area contributed by atoms with Gasteiger partial charge in [0.05, 0.1) is 5.92 Å². The molecule has 1 heterocycles. The van der Waals surface area contributed by atoms with E-state index in [0.29, 0.717) is 11.1 Å². The van der Waals surface area contributed by atoms with E-state index in [2.05, 4.69) is 15.9 Å². The van der Waals surface area contributed by atoms with Crippen molar-refractivity contribution in [3.63, 3.8) is 0 Å². The van der Waals surface area contributed by atoms with E-state index in [4.69, 9.17) is 4.74 Å². The van der Waals surface area contributed by atoms with Crippen LogP contribution in [-0.4, -0.2) is 28.7 Å². The topological polar surface area (TPSA) is 77.5 Å². The van der Waals surface area contributed by atoms with E-state index in [9.17, 15) is 23.6 Å². The molecule has 2 unspecified atom stereocenters. The van der Waals surface area contributed by atoms with Gasteiger partial charge in [0, 0.05) is 26.7 Å². The molecule has 0 amide bonds. The van der Waals surface area contributed by atoms with Crippen LogP contribution in [0, 0.1) is 11.2 Å². The minimum Gasteiger partial charge on any atom is -0.348 e. The van der Waals surface area contributed by atoms with Crippen LogP contribution >= 0.6 is 15.9 Å². The summed E-state index contributed by atoms with van der Waals surface area (Å²) in [5.74, 6) is -4.18. The summed E-state index contributed by atoms with van der Waals surface area (Å²) < 4.78 is 21.5. The number of hydrogen-bond donors (Lipinski definition) is 0. The SMILES string of the molecule is O=C1c2ccccc2C(=O)C12OC(c1ccc(Br)cc1)C1(C(=O)c3ccccc3C1=O)C2c1ccc(F)cc1. The van der Waals surface area contributed by atoms with Crippen molar-refractivity contribution < 1.29 is 28.3 Å². The van der Waals surface area contributed by atoms with Crippen molar-refractivity contribution in [1.29, 1.82) is 0 Å². The number of fused-ring (bicyclic) bond motifs is 2. The van der Waals surface area contributed by atoms with Crippen LogP contribution in [0.15, 0.2) is 102 Å². The number of ether oxygens (including phenoxy) is 1. The Morgan fingerprint density at radius 2 is 1.03 bits per heavy atom. The summed E-state index contributed by atoms with van der Waals surface area (Å²) in [5.41, 5.74) is -2.70. The van der Waals surface area contributed by atoms with Gasteiger partial charge in [-0.15, -0.1) is 0 Å². The van der Waals surface area contributed by atoms with E-state index in [-0.39, 0.29) is 22.3 Å². The maximum atomic E-state index is 14.6. The van der Waals surface area contributed by atoms with Crippen LogP contribution in [0.4, 0.5) is 4.39 Å². The Bertz CT molecular complexity index is 1670. The third-order valence-corrected chi connectivity index (χ3v) is 8.74. The van der Waals surface area contributed by atoms with Crippen molar-refractivity contribution in [2.75, 3.05) is 0 Å². The second-order valence-corrected chi connectivity index (χ2v) is 11.0. The molecular weight excluding hydrogens is 563 g/mol. The fraction of sp³-hybridized carbons (Fsp3) is 0.125. The molecule has 7 heteroatoms. The third-order valence-electron chi connectivity index (χ3n) is 8.21. The van der Waals surface area contributed by atoms with Crippen molar-refractivity contribution in [1.82, 2.24) is 0 Å². The summed E-state index contributed by atoms with van der Waals surface area (Å²) in [6.45, 7) is 0. The Labute approximate surface area is 230 Å². The molecule has 2 aliphatic carbocycles. The number of halogens is 2. The Kier molecular flexibility index (Phi) is 5.06. The van der Waals surface area contributed by atoms with Gasteiger partial charge in [0.25, 0.3) is 0 Å². The number of Topliss-reactive ketones (excluding diaryl/α,β-unsaturated/α-hetero) is 4. The molecule has 0 saturated carbocycles. The largest absolute Gasteiger partial charge is 0.348 e. The first-order valence-corrected chi connectivity index (χ1v) is 13.2. The van der Waals surface area contributed by atoms with Gasteiger partial charge in [-0.05, 0) is 35.4 Å². The van der Waals surface area contributed by atoms with Gasteiger partial charge in [0.2, 0.25) is 17.2 Å². The summed E-state index contributed by atoms with van der Waals surface area (Å²) in [4.78, 5) is 57.7. The van der Waals surface area contributed by atoms with Gasteiger partial charge in [-0.25, -0.2) is 4.39 Å². The van der Waals surface area contributed by atoms with Gasteiger partial charge in [-0.1, -0.05) is 88.7 Å². The predicted octanol–water partition coefficient (Wildman–Crippen LogP) is 6.33. The van der Waals surface area contributed by atoms with Gasteiger partial charge in [0.1, 0.15) is 17.3 Å². The van der Waals surface area contributed by atoms with Crippen LogP contribution in [0.25, 0.3) is 0 Å². The molecule has 1 fully saturated rings. The summed E-state index contributed by atoms with van der Waals surface area (Å²) in [5, 5.41) is 0. The van der Waals surface area contributed by atoms with Crippen molar-refractivity contribution in [3.8, 4) is 0 Å². The number of carbonyl (C=O) groups is 4. The zero-order valence-corrected chi connectivity index (χ0v) is 21.8. The van der Waals surface area contributed by atoms with Crippen molar-refractivity contribution in [2.24, 2.45) is 5.41 Å². The summed E-state index contributed by atoms with van der Waals surface area (Å²) in [7, 11) is 0. The molecule has 5 nitrogen and oxygen atoms in total. The van der Waals surface area contributed by atoms with Gasteiger partial charge in [-0.3, -0.25) is 19.2 Å². The molecule has 0 aromatic heterocycles. The quantitative estimate of drug-likeness (QED) is 0.259. The van der Waals surface area contributed by atoms with E-state index in [1.165, 1.54) is 24.3 Å². The molecule has 1 aliphatic heterocycles. The molecule has 7 rings (SSSR count). The Hall–Kier alpha value is -4.07. The lowest BCUT2D eigenvalue weighted by molar-refractivity contribution is -0.0210. The molecule has 190 valence electrons. The molecule has 1 saturated heterocycles. The predicted molar refractivity (Wildman–Crippen MR) is 142 cm³/mol. The zero-order valence-electron chi connectivity index (χ0n) is 20.2. The van der Waals surface area contributed by atoms with Crippen LogP contribution in [-0.2, 0) is 4.74 Å². The van der Waals surface area contributed by atoms with Crippen LogP contribution in [0.3, 0.4) is 0 Å². The first kappa shape index (κ1) is 24.0. The second kappa shape index (κ2) is 8.21. The van der Waals surface area contributed by atoms with E-state index in [0.717, 1.165) is 4.47 Å². The highest BCUT2D eigenvalue weighted by molar-refractivity contribution is 9.10. The van der Waals surface area contributed by atoms with Crippen LogP contribution < -0.4 is 0 Å². The summed E-state index contributed by atoms with van der Waals surface area (Å²) >= 11 is 3.41. The Morgan fingerprint density at radius 3 is 1.51 bits per heavy atom. The standard InChI is InChI=1S/C32H18BrFO5/c33-19-13-9-18(10-14-19)30-31(26(35)21-5-1-2-6-22(21)27(31)36)25(17-11-15-20(34)16-12-17)32(39-30)28(37)23-7-3-4-8-24(23)29(32)38/h1-16,25,30H. The lowest BCUT2D eigenvalue weighted by Gasteiger charge is -2.34. The summed E-state index contributed by atoms with van der Waals surface area (Å²) in [6.07, 6.45) is -1.27. The van der Waals surface area contributed by atoms with E-state index in [1.54, 1.807) is 72.8 Å². The first-order chi connectivity index (χ1) is 18.8. The monoisotopic (exact) mass is 580 g/mol. The lowest BCUT2D eigenvalue weighted by Crippen LogP contribution is -2.51. The number of benzene rings is 4.